The van der Waals surface area contributed by atoms with Gasteiger partial charge in [-0.3, -0.25) is 0 Å². The number of hydrogen-bond donors (Lipinski definition) is 1. The van der Waals surface area contributed by atoms with Gasteiger partial charge in [0.05, 0.1) is 0 Å². The molecule has 1 aromatic heterocycles. The minimum absolute atomic E-state index is 0.137. The van der Waals surface area contributed by atoms with Crippen molar-refractivity contribution in [3.05, 3.63) is 35.3 Å². The number of nitrogens with one attached hydrogen (secondary N) is 1. The molecule has 0 saturated carbocycles. The molecule has 1 aromatic carbocycles. The standard InChI is InChI=1S/C13H14FN/c1-8-3-2-4-10-11-7-9(14)5-6-12(11)15-13(8)10/h5-8,15H,2-4H2,1H3. The van der Waals surface area contributed by atoms with Crippen molar-refractivity contribution in [2.45, 2.75) is 32.1 Å². The van der Waals surface area contributed by atoms with E-state index in [1.54, 1.807) is 6.07 Å². The minimum Gasteiger partial charge on any atom is -0.358 e. The van der Waals surface area contributed by atoms with Gasteiger partial charge in [-0.05, 0) is 48.9 Å². The maximum absolute atomic E-state index is 13.2. The molecule has 0 amide bonds. The predicted octanol–water partition coefficient (Wildman–Crippen LogP) is 3.75. The van der Waals surface area contributed by atoms with Crippen LogP contribution in [0, 0.1) is 5.82 Å². The Morgan fingerprint density at radius 1 is 1.40 bits per heavy atom. The number of hydrogen-bond acceptors (Lipinski definition) is 0. The Labute approximate surface area is 88.3 Å². The summed E-state index contributed by atoms with van der Waals surface area (Å²) in [5, 5.41) is 1.08. The molecule has 2 aromatic rings. The van der Waals surface area contributed by atoms with Gasteiger partial charge in [-0.2, -0.15) is 0 Å². The number of halogens is 1. The molecule has 0 saturated heterocycles. The molecule has 1 aliphatic carbocycles. The number of aromatic amines is 1. The maximum Gasteiger partial charge on any atom is 0.123 e. The van der Waals surface area contributed by atoms with Crippen molar-refractivity contribution in [2.75, 3.05) is 0 Å². The van der Waals surface area contributed by atoms with E-state index in [1.165, 1.54) is 30.2 Å². The first kappa shape index (κ1) is 8.96. The fraction of sp³-hybridized carbons (Fsp3) is 0.385. The molecular formula is C13H14FN. The van der Waals surface area contributed by atoms with Crippen LogP contribution in [0.5, 0.6) is 0 Å². The molecule has 0 spiro atoms. The number of fused-ring (bicyclic) bond motifs is 3. The fourth-order valence-electron chi connectivity index (χ4n) is 2.66. The molecule has 0 radical (unpaired) electrons. The van der Waals surface area contributed by atoms with Gasteiger partial charge in [0.2, 0.25) is 0 Å². The van der Waals surface area contributed by atoms with Gasteiger partial charge in [-0.15, -0.1) is 0 Å². The van der Waals surface area contributed by atoms with Gasteiger partial charge in [-0.1, -0.05) is 6.92 Å². The summed E-state index contributed by atoms with van der Waals surface area (Å²) in [5.41, 5.74) is 3.74. The Morgan fingerprint density at radius 3 is 3.13 bits per heavy atom. The van der Waals surface area contributed by atoms with Crippen LogP contribution in [0.15, 0.2) is 18.2 Å². The first-order valence-electron chi connectivity index (χ1n) is 5.55. The van der Waals surface area contributed by atoms with E-state index in [9.17, 15) is 4.39 Å². The van der Waals surface area contributed by atoms with Gasteiger partial charge < -0.3 is 4.98 Å². The summed E-state index contributed by atoms with van der Waals surface area (Å²) < 4.78 is 13.2. The summed E-state index contributed by atoms with van der Waals surface area (Å²) in [4.78, 5) is 3.43. The Bertz CT molecular complexity index is 512. The van der Waals surface area contributed by atoms with Crippen LogP contribution in [0.2, 0.25) is 0 Å². The number of benzene rings is 1. The first-order valence-corrected chi connectivity index (χ1v) is 5.55. The lowest BCUT2D eigenvalue weighted by Crippen LogP contribution is -2.05. The van der Waals surface area contributed by atoms with E-state index in [1.807, 2.05) is 6.07 Å². The van der Waals surface area contributed by atoms with Gasteiger partial charge in [0.15, 0.2) is 0 Å². The highest BCUT2D eigenvalue weighted by Gasteiger charge is 2.20. The molecule has 1 unspecified atom stereocenters. The third-order valence-corrected chi connectivity index (χ3v) is 3.46. The lowest BCUT2D eigenvalue weighted by molar-refractivity contribution is 0.582. The van der Waals surface area contributed by atoms with Crippen molar-refractivity contribution in [1.29, 1.82) is 0 Å². The average Bonchev–Trinajstić information content (AvgIpc) is 2.58. The first-order chi connectivity index (χ1) is 7.25. The van der Waals surface area contributed by atoms with Crippen molar-refractivity contribution < 1.29 is 4.39 Å². The number of aromatic nitrogens is 1. The molecule has 3 rings (SSSR count). The molecule has 1 N–H and O–H groups in total. The molecule has 15 heavy (non-hydrogen) atoms. The molecule has 0 bridgehead atoms. The van der Waals surface area contributed by atoms with E-state index in [0.29, 0.717) is 5.92 Å². The van der Waals surface area contributed by atoms with Crippen molar-refractivity contribution in [2.24, 2.45) is 0 Å². The number of H-pyrrole nitrogens is 1. The van der Waals surface area contributed by atoms with E-state index in [0.717, 1.165) is 17.3 Å². The zero-order chi connectivity index (χ0) is 10.4. The molecule has 1 nitrogen and oxygen atoms in total. The second-order valence-electron chi connectivity index (χ2n) is 4.50. The van der Waals surface area contributed by atoms with Crippen molar-refractivity contribution in [3.8, 4) is 0 Å². The zero-order valence-corrected chi connectivity index (χ0v) is 8.81. The molecular weight excluding hydrogens is 189 g/mol. The van der Waals surface area contributed by atoms with E-state index in [4.69, 9.17) is 0 Å². The summed E-state index contributed by atoms with van der Waals surface area (Å²) in [6.07, 6.45) is 3.54. The molecule has 0 aliphatic heterocycles. The van der Waals surface area contributed by atoms with E-state index < -0.39 is 0 Å². The average molecular weight is 203 g/mol. The van der Waals surface area contributed by atoms with Crippen molar-refractivity contribution in [3.63, 3.8) is 0 Å². The van der Waals surface area contributed by atoms with Crippen molar-refractivity contribution >= 4 is 10.9 Å². The quantitative estimate of drug-likeness (QED) is 0.671. The smallest absolute Gasteiger partial charge is 0.123 e. The van der Waals surface area contributed by atoms with E-state index >= 15 is 0 Å². The van der Waals surface area contributed by atoms with Crippen LogP contribution in [0.25, 0.3) is 10.9 Å². The molecule has 1 atom stereocenters. The highest BCUT2D eigenvalue weighted by molar-refractivity contribution is 5.85. The Balaban J connectivity index is 2.31. The lowest BCUT2D eigenvalue weighted by atomic mass is 9.88. The summed E-state index contributed by atoms with van der Waals surface area (Å²) in [6.45, 7) is 2.24. The topological polar surface area (TPSA) is 15.8 Å². The van der Waals surface area contributed by atoms with Crippen molar-refractivity contribution in [1.82, 2.24) is 4.98 Å². The zero-order valence-electron chi connectivity index (χ0n) is 8.81. The molecule has 1 heterocycles. The van der Waals surface area contributed by atoms with E-state index in [-0.39, 0.29) is 5.82 Å². The van der Waals surface area contributed by atoms with Crippen LogP contribution in [0.1, 0.15) is 36.9 Å². The highest BCUT2D eigenvalue weighted by Crippen LogP contribution is 2.35. The largest absolute Gasteiger partial charge is 0.358 e. The second kappa shape index (κ2) is 3.09. The van der Waals surface area contributed by atoms with Crippen LogP contribution >= 0.6 is 0 Å². The van der Waals surface area contributed by atoms with Gasteiger partial charge in [-0.25, -0.2) is 4.39 Å². The summed E-state index contributed by atoms with van der Waals surface area (Å²) >= 11 is 0. The minimum atomic E-state index is -0.137. The monoisotopic (exact) mass is 203 g/mol. The van der Waals surface area contributed by atoms with Crippen LogP contribution < -0.4 is 0 Å². The highest BCUT2D eigenvalue weighted by atomic mass is 19.1. The molecule has 1 aliphatic rings. The summed E-state index contributed by atoms with van der Waals surface area (Å²) in [5.74, 6) is 0.451. The summed E-state index contributed by atoms with van der Waals surface area (Å²) in [6, 6.07) is 5.02. The van der Waals surface area contributed by atoms with Crippen LogP contribution in [-0.4, -0.2) is 4.98 Å². The van der Waals surface area contributed by atoms with Gasteiger partial charge in [0.1, 0.15) is 5.82 Å². The van der Waals surface area contributed by atoms with Crippen LogP contribution in [0.4, 0.5) is 4.39 Å². The lowest BCUT2D eigenvalue weighted by Gasteiger charge is -2.18. The second-order valence-corrected chi connectivity index (χ2v) is 4.50. The maximum atomic E-state index is 13.2. The van der Waals surface area contributed by atoms with Gasteiger partial charge >= 0.3 is 0 Å². The molecule has 2 heteroatoms. The normalized spacial score (nSPS) is 20.5. The summed E-state index contributed by atoms with van der Waals surface area (Å²) in [7, 11) is 0. The number of rotatable bonds is 0. The SMILES string of the molecule is CC1CCCc2c1[nH]c1ccc(F)cc21. The Kier molecular flexibility index (Phi) is 1.84. The molecule has 0 fully saturated rings. The Hall–Kier alpha value is -1.31. The predicted molar refractivity (Wildman–Crippen MR) is 59.6 cm³/mol. The third-order valence-electron chi connectivity index (χ3n) is 3.46. The third kappa shape index (κ3) is 1.28. The number of aryl methyl sites for hydroxylation is 1. The van der Waals surface area contributed by atoms with Crippen LogP contribution in [-0.2, 0) is 6.42 Å². The van der Waals surface area contributed by atoms with Gasteiger partial charge in [0, 0.05) is 16.6 Å². The molecule has 78 valence electrons. The van der Waals surface area contributed by atoms with Gasteiger partial charge in [0.25, 0.3) is 0 Å². The van der Waals surface area contributed by atoms with Crippen LogP contribution in [0.3, 0.4) is 0 Å². The Morgan fingerprint density at radius 2 is 2.27 bits per heavy atom. The van der Waals surface area contributed by atoms with E-state index in [2.05, 4.69) is 11.9 Å². The fourth-order valence-corrected chi connectivity index (χ4v) is 2.66.